The van der Waals surface area contributed by atoms with Crippen LogP contribution in [0.5, 0.6) is 0 Å². The number of ether oxygens (including phenoxy) is 1. The highest BCUT2D eigenvalue weighted by atomic mass is 32.2. The Labute approximate surface area is 63.3 Å². The molecule has 3 N–H and O–H groups in total. The Kier molecular flexibility index (Phi) is 1.98. The molecule has 0 aromatic rings. The second-order valence-corrected chi connectivity index (χ2v) is 3.17. The lowest BCUT2D eigenvalue weighted by Gasteiger charge is -2.10. The highest BCUT2D eigenvalue weighted by Gasteiger charge is 2.24. The van der Waals surface area contributed by atoms with Gasteiger partial charge in [-0.3, -0.25) is 0 Å². The summed E-state index contributed by atoms with van der Waals surface area (Å²) in [6, 6.07) is 0. The van der Waals surface area contributed by atoms with Gasteiger partial charge in [0.05, 0.1) is 6.54 Å². The normalized spacial score (nSPS) is 18.6. The molecule has 1 aliphatic rings. The number of hydrogen-bond acceptors (Lipinski definition) is 4. The van der Waals surface area contributed by atoms with E-state index in [1.165, 1.54) is 0 Å². The second-order valence-electron chi connectivity index (χ2n) is 1.90. The number of carbonyl (C=O) groups is 1. The van der Waals surface area contributed by atoms with Crippen molar-refractivity contribution in [1.82, 2.24) is 9.84 Å². The van der Waals surface area contributed by atoms with Gasteiger partial charge in [-0.2, -0.15) is 8.42 Å². The Morgan fingerprint density at radius 1 is 1.64 bits per heavy atom. The minimum absolute atomic E-state index is 0.168. The number of hydrogen-bond donors (Lipinski definition) is 2. The molecule has 1 fully saturated rings. The van der Waals surface area contributed by atoms with E-state index >= 15 is 0 Å². The lowest BCUT2D eigenvalue weighted by Crippen LogP contribution is -2.45. The van der Waals surface area contributed by atoms with Gasteiger partial charge in [0.2, 0.25) is 0 Å². The molecule has 1 heterocycles. The lowest BCUT2D eigenvalue weighted by molar-refractivity contribution is 0.154. The minimum Gasteiger partial charge on any atom is -0.446 e. The minimum atomic E-state index is -3.87. The number of cyclic esters (lactones) is 1. The van der Waals surface area contributed by atoms with Crippen LogP contribution >= 0.6 is 0 Å². The van der Waals surface area contributed by atoms with Crippen molar-refractivity contribution in [3.8, 4) is 0 Å². The average molecular weight is 181 g/mol. The van der Waals surface area contributed by atoms with Crippen LogP contribution in [0.25, 0.3) is 0 Å². The van der Waals surface area contributed by atoms with Crippen LogP contribution in [0.4, 0.5) is 4.79 Å². The quantitative estimate of drug-likeness (QED) is 0.521. The molecule has 7 nitrogen and oxygen atoms in total. The summed E-state index contributed by atoms with van der Waals surface area (Å²) in [5.41, 5.74) is 0. The van der Waals surface area contributed by atoms with Gasteiger partial charge in [-0.25, -0.2) is 14.9 Å². The molecule has 0 atom stereocenters. The van der Waals surface area contributed by atoms with Crippen LogP contribution in [0.1, 0.15) is 0 Å². The van der Waals surface area contributed by atoms with Crippen molar-refractivity contribution in [2.45, 2.75) is 0 Å². The molecule has 0 unspecified atom stereocenters. The van der Waals surface area contributed by atoms with Crippen molar-refractivity contribution in [3.63, 3.8) is 0 Å². The van der Waals surface area contributed by atoms with Crippen molar-refractivity contribution < 1.29 is 17.9 Å². The molecule has 11 heavy (non-hydrogen) atoms. The number of nitrogens with zero attached hydrogens (tertiary/aromatic N) is 1. The van der Waals surface area contributed by atoms with Gasteiger partial charge in [0, 0.05) is 0 Å². The Morgan fingerprint density at radius 3 is 2.64 bits per heavy atom. The third-order valence-electron chi connectivity index (χ3n) is 0.998. The predicted octanol–water partition coefficient (Wildman–Crippen LogP) is -1.85. The van der Waals surface area contributed by atoms with Gasteiger partial charge in [-0.05, 0) is 0 Å². The van der Waals surface area contributed by atoms with E-state index in [4.69, 9.17) is 0 Å². The highest BCUT2D eigenvalue weighted by Crippen LogP contribution is 1.98. The summed E-state index contributed by atoms with van der Waals surface area (Å²) in [7, 11) is -3.87. The number of rotatable bonds is 2. The first kappa shape index (κ1) is 8.24. The first-order valence-electron chi connectivity index (χ1n) is 2.73. The van der Waals surface area contributed by atoms with Crippen LogP contribution in [-0.4, -0.2) is 32.7 Å². The smallest absolute Gasteiger partial charge is 0.425 e. The Balaban J connectivity index is 2.57. The topological polar surface area (TPSA) is 102 Å². The molecule has 1 rings (SSSR count). The fraction of sp³-hybridized carbons (Fsp3) is 0.667. The molecule has 1 amide bonds. The zero-order valence-corrected chi connectivity index (χ0v) is 6.30. The lowest BCUT2D eigenvalue weighted by atomic mass is 10.7. The van der Waals surface area contributed by atoms with Gasteiger partial charge in [0.15, 0.2) is 0 Å². The molecule has 64 valence electrons. The summed E-state index contributed by atoms with van der Waals surface area (Å²) in [5, 5.41) is 5.38. The van der Waals surface area contributed by atoms with Crippen LogP contribution < -0.4 is 9.97 Å². The molecule has 0 aromatic heterocycles. The highest BCUT2D eigenvalue weighted by molar-refractivity contribution is 7.87. The molecule has 8 heteroatoms. The Bertz CT molecular complexity index is 260. The van der Waals surface area contributed by atoms with Crippen LogP contribution in [-0.2, 0) is 14.9 Å². The SMILES string of the molecule is NS(=O)(=O)NN1CCOC1=O. The first-order valence-corrected chi connectivity index (χ1v) is 4.28. The van der Waals surface area contributed by atoms with Crippen LogP contribution in [0.15, 0.2) is 0 Å². The van der Waals surface area contributed by atoms with Crippen molar-refractivity contribution in [2.24, 2.45) is 5.14 Å². The molecule has 1 saturated heterocycles. The molecule has 0 aliphatic carbocycles. The molecule has 0 radical (unpaired) electrons. The van der Waals surface area contributed by atoms with Crippen molar-refractivity contribution in [2.75, 3.05) is 13.2 Å². The number of nitrogens with one attached hydrogen (secondary N) is 1. The standard InChI is InChI=1S/C3H7N3O4S/c4-11(8,9)5-6-1-2-10-3(6)7/h5H,1-2H2,(H2,4,8,9). The summed E-state index contributed by atoms with van der Waals surface area (Å²) < 4.78 is 25.1. The summed E-state index contributed by atoms with van der Waals surface area (Å²) in [6.07, 6.45) is -0.737. The van der Waals surface area contributed by atoms with E-state index in [2.05, 4.69) is 9.88 Å². The van der Waals surface area contributed by atoms with E-state index in [1.807, 2.05) is 0 Å². The molecule has 1 aliphatic heterocycles. The zero-order chi connectivity index (χ0) is 8.48. The van der Waals surface area contributed by atoms with Crippen LogP contribution in [0.3, 0.4) is 0 Å². The molecule has 0 aromatic carbocycles. The molecule has 0 bridgehead atoms. The van der Waals surface area contributed by atoms with Gasteiger partial charge < -0.3 is 4.74 Å². The molecular weight excluding hydrogens is 174 g/mol. The predicted molar refractivity (Wildman–Crippen MR) is 34.3 cm³/mol. The largest absolute Gasteiger partial charge is 0.446 e. The number of carbonyl (C=O) groups excluding carboxylic acids is 1. The van der Waals surface area contributed by atoms with E-state index in [-0.39, 0.29) is 13.2 Å². The Hall–Kier alpha value is -0.860. The van der Waals surface area contributed by atoms with E-state index in [0.717, 1.165) is 5.01 Å². The third-order valence-corrected chi connectivity index (χ3v) is 1.47. The summed E-state index contributed by atoms with van der Waals surface area (Å²) in [4.78, 5) is 12.3. The van der Waals surface area contributed by atoms with Gasteiger partial charge in [0.1, 0.15) is 6.61 Å². The monoisotopic (exact) mass is 181 g/mol. The van der Waals surface area contributed by atoms with E-state index < -0.39 is 16.3 Å². The summed E-state index contributed by atoms with van der Waals surface area (Å²) >= 11 is 0. The van der Waals surface area contributed by atoms with Gasteiger partial charge in [0.25, 0.3) is 10.2 Å². The second kappa shape index (κ2) is 2.64. The van der Waals surface area contributed by atoms with E-state index in [0.29, 0.717) is 0 Å². The zero-order valence-electron chi connectivity index (χ0n) is 5.48. The Morgan fingerprint density at radius 2 is 2.27 bits per heavy atom. The maximum atomic E-state index is 10.6. The first-order chi connectivity index (χ1) is 4.99. The number of nitrogens with two attached hydrogens (primary N) is 1. The maximum Gasteiger partial charge on any atom is 0.425 e. The maximum absolute atomic E-state index is 10.6. The molecule has 0 spiro atoms. The fourth-order valence-electron chi connectivity index (χ4n) is 0.630. The summed E-state index contributed by atoms with van der Waals surface area (Å²) in [6.45, 7) is 0.344. The van der Waals surface area contributed by atoms with Crippen LogP contribution in [0.2, 0.25) is 0 Å². The third kappa shape index (κ3) is 2.33. The molecule has 0 saturated carbocycles. The number of hydrazine groups is 1. The van der Waals surface area contributed by atoms with Gasteiger partial charge in [-0.1, -0.05) is 0 Å². The average Bonchev–Trinajstić information content (AvgIpc) is 2.12. The van der Waals surface area contributed by atoms with Gasteiger partial charge >= 0.3 is 6.09 Å². The van der Waals surface area contributed by atoms with Crippen molar-refractivity contribution >= 4 is 16.3 Å². The van der Waals surface area contributed by atoms with Crippen molar-refractivity contribution in [1.29, 1.82) is 0 Å². The van der Waals surface area contributed by atoms with Crippen LogP contribution in [0, 0.1) is 0 Å². The number of amides is 1. The van der Waals surface area contributed by atoms with E-state index in [1.54, 1.807) is 4.83 Å². The fourth-order valence-corrected chi connectivity index (χ4v) is 1.10. The van der Waals surface area contributed by atoms with Crippen molar-refractivity contribution in [3.05, 3.63) is 0 Å². The van der Waals surface area contributed by atoms with E-state index in [9.17, 15) is 13.2 Å². The summed E-state index contributed by atoms with van der Waals surface area (Å²) in [5.74, 6) is 0. The molecular formula is C3H7N3O4S. The van der Waals surface area contributed by atoms with Gasteiger partial charge in [-0.15, -0.1) is 4.83 Å².